The van der Waals surface area contributed by atoms with E-state index in [1.165, 1.54) is 23.0 Å². The molecule has 1 atom stereocenters. The van der Waals surface area contributed by atoms with E-state index in [0.717, 1.165) is 23.4 Å². The highest BCUT2D eigenvalue weighted by Crippen LogP contribution is 2.30. The number of benzene rings is 2. The van der Waals surface area contributed by atoms with Gasteiger partial charge >= 0.3 is 11.8 Å². The Balaban J connectivity index is 1.64. The predicted molar refractivity (Wildman–Crippen MR) is 120 cm³/mol. The SMILES string of the molecule is CSc1ccccc1NC(=O)C(=O)NC[C@H](c1ccc2c(c1)CCN2C)N(C)C. The van der Waals surface area contributed by atoms with Crippen molar-refractivity contribution in [1.82, 2.24) is 10.2 Å². The topological polar surface area (TPSA) is 64.7 Å². The van der Waals surface area contributed by atoms with Gasteiger partial charge < -0.3 is 20.4 Å². The van der Waals surface area contributed by atoms with Crippen LogP contribution in [0.1, 0.15) is 17.2 Å². The number of fused-ring (bicyclic) bond motifs is 1. The van der Waals surface area contributed by atoms with Crippen molar-refractivity contribution in [1.29, 1.82) is 0 Å². The highest BCUT2D eigenvalue weighted by atomic mass is 32.2. The van der Waals surface area contributed by atoms with Gasteiger partial charge in [0.05, 0.1) is 11.7 Å². The van der Waals surface area contributed by atoms with E-state index in [1.807, 2.05) is 38.6 Å². The van der Waals surface area contributed by atoms with Crippen molar-refractivity contribution in [2.45, 2.75) is 17.4 Å². The molecule has 0 radical (unpaired) electrons. The third-order valence-corrected chi connectivity index (χ3v) is 6.05. The number of likely N-dealkylation sites (N-methyl/N-ethyl adjacent to an activating group) is 2. The van der Waals surface area contributed by atoms with Crippen molar-refractivity contribution in [2.75, 3.05) is 50.7 Å². The second-order valence-corrected chi connectivity index (χ2v) is 8.25. The minimum absolute atomic E-state index is 0.0126. The summed E-state index contributed by atoms with van der Waals surface area (Å²) in [5.74, 6) is -1.28. The van der Waals surface area contributed by atoms with Crippen molar-refractivity contribution < 1.29 is 9.59 Å². The zero-order valence-electron chi connectivity index (χ0n) is 17.4. The van der Waals surface area contributed by atoms with Gasteiger partial charge in [-0.25, -0.2) is 0 Å². The van der Waals surface area contributed by atoms with Gasteiger partial charge in [0.25, 0.3) is 0 Å². The zero-order chi connectivity index (χ0) is 21.0. The standard InChI is InChI=1S/C22H28N4O2S/c1-25(2)19(15-9-10-18-16(13-15)11-12-26(18)3)14-23-21(27)22(28)24-17-7-5-6-8-20(17)29-4/h5-10,13,19H,11-12,14H2,1-4H3,(H,23,27)(H,24,28)/t19-/m1/s1. The molecule has 0 aromatic heterocycles. The molecular weight excluding hydrogens is 384 g/mol. The summed E-state index contributed by atoms with van der Waals surface area (Å²) in [5.41, 5.74) is 4.38. The lowest BCUT2D eigenvalue weighted by molar-refractivity contribution is -0.136. The molecule has 7 heteroatoms. The van der Waals surface area contributed by atoms with Gasteiger partial charge in [0.2, 0.25) is 0 Å². The van der Waals surface area contributed by atoms with E-state index in [2.05, 4.69) is 45.7 Å². The molecule has 1 aliphatic rings. The third kappa shape index (κ3) is 4.92. The maximum Gasteiger partial charge on any atom is 0.313 e. The summed E-state index contributed by atoms with van der Waals surface area (Å²) in [6.07, 6.45) is 2.96. The quantitative estimate of drug-likeness (QED) is 0.564. The highest BCUT2D eigenvalue weighted by Gasteiger charge is 2.22. The molecule has 2 aromatic carbocycles. The van der Waals surface area contributed by atoms with Crippen LogP contribution in [0.2, 0.25) is 0 Å². The van der Waals surface area contributed by atoms with Gasteiger partial charge in [-0.15, -0.1) is 11.8 Å². The molecule has 1 heterocycles. The van der Waals surface area contributed by atoms with Crippen LogP contribution in [0.5, 0.6) is 0 Å². The Morgan fingerprint density at radius 3 is 2.66 bits per heavy atom. The van der Waals surface area contributed by atoms with Crippen LogP contribution in [0.4, 0.5) is 11.4 Å². The molecule has 0 bridgehead atoms. The summed E-state index contributed by atoms with van der Waals surface area (Å²) in [4.78, 5) is 29.9. The summed E-state index contributed by atoms with van der Waals surface area (Å²) in [7, 11) is 6.05. The van der Waals surface area contributed by atoms with Crippen LogP contribution >= 0.6 is 11.8 Å². The number of anilines is 2. The number of carbonyl (C=O) groups is 2. The number of amides is 2. The number of hydrogen-bond acceptors (Lipinski definition) is 5. The Hall–Kier alpha value is -2.51. The molecule has 6 nitrogen and oxygen atoms in total. The third-order valence-electron chi connectivity index (χ3n) is 5.26. The number of para-hydroxylation sites is 1. The Morgan fingerprint density at radius 2 is 1.93 bits per heavy atom. The number of nitrogens with one attached hydrogen (secondary N) is 2. The molecule has 3 rings (SSSR count). The Labute approximate surface area is 176 Å². The largest absolute Gasteiger partial charge is 0.374 e. The number of carbonyl (C=O) groups excluding carboxylic acids is 2. The minimum atomic E-state index is -0.653. The highest BCUT2D eigenvalue weighted by molar-refractivity contribution is 7.98. The molecule has 2 aromatic rings. The number of nitrogens with zero attached hydrogens (tertiary/aromatic N) is 2. The second kappa shape index (κ2) is 9.33. The van der Waals surface area contributed by atoms with Gasteiger partial charge in [0.1, 0.15) is 0 Å². The molecule has 0 saturated heterocycles. The summed E-state index contributed by atoms with van der Waals surface area (Å²) in [5, 5.41) is 5.49. The molecule has 2 amide bonds. The number of hydrogen-bond donors (Lipinski definition) is 2. The summed E-state index contributed by atoms with van der Waals surface area (Å²) in [6, 6.07) is 13.9. The lowest BCUT2D eigenvalue weighted by atomic mass is 10.0. The average Bonchev–Trinajstić information content (AvgIpc) is 3.08. The van der Waals surface area contributed by atoms with Crippen molar-refractivity contribution in [2.24, 2.45) is 0 Å². The Bertz CT molecular complexity index is 900. The molecule has 154 valence electrons. The van der Waals surface area contributed by atoms with Gasteiger partial charge in [-0.05, 0) is 56.1 Å². The molecule has 1 aliphatic heterocycles. The molecule has 2 N–H and O–H groups in total. The van der Waals surface area contributed by atoms with Gasteiger partial charge in [-0.3, -0.25) is 9.59 Å². The monoisotopic (exact) mass is 412 g/mol. The Morgan fingerprint density at radius 1 is 1.17 bits per heavy atom. The predicted octanol–water partition coefficient (Wildman–Crippen LogP) is 2.76. The molecule has 0 spiro atoms. The molecule has 0 fully saturated rings. The molecule has 0 unspecified atom stereocenters. The van der Waals surface area contributed by atoms with Crippen molar-refractivity contribution in [3.63, 3.8) is 0 Å². The van der Waals surface area contributed by atoms with Crippen LogP contribution in [-0.2, 0) is 16.0 Å². The molecule has 29 heavy (non-hydrogen) atoms. The van der Waals surface area contributed by atoms with E-state index in [4.69, 9.17) is 0 Å². The summed E-state index contributed by atoms with van der Waals surface area (Å²) < 4.78 is 0. The van der Waals surface area contributed by atoms with Gasteiger partial charge in [0, 0.05) is 30.7 Å². The average molecular weight is 413 g/mol. The van der Waals surface area contributed by atoms with Crippen molar-refractivity contribution in [3.8, 4) is 0 Å². The second-order valence-electron chi connectivity index (χ2n) is 7.40. The fourth-order valence-corrected chi connectivity index (χ4v) is 4.14. The first-order valence-electron chi connectivity index (χ1n) is 9.63. The lowest BCUT2D eigenvalue weighted by Gasteiger charge is -2.26. The van der Waals surface area contributed by atoms with Crippen LogP contribution < -0.4 is 15.5 Å². The smallest absolute Gasteiger partial charge is 0.313 e. The van der Waals surface area contributed by atoms with Gasteiger partial charge in [-0.2, -0.15) is 0 Å². The minimum Gasteiger partial charge on any atom is -0.374 e. The van der Waals surface area contributed by atoms with E-state index >= 15 is 0 Å². The van der Waals surface area contributed by atoms with E-state index in [0.29, 0.717) is 12.2 Å². The van der Waals surface area contributed by atoms with E-state index in [9.17, 15) is 9.59 Å². The maximum absolute atomic E-state index is 12.4. The molecule has 0 saturated carbocycles. The van der Waals surface area contributed by atoms with Gasteiger partial charge in [0.15, 0.2) is 0 Å². The molecular formula is C22H28N4O2S. The van der Waals surface area contributed by atoms with E-state index in [-0.39, 0.29) is 6.04 Å². The fourth-order valence-electron chi connectivity index (χ4n) is 3.59. The first-order chi connectivity index (χ1) is 13.9. The van der Waals surface area contributed by atoms with Crippen LogP contribution in [0, 0.1) is 0 Å². The van der Waals surface area contributed by atoms with Crippen LogP contribution in [-0.4, -0.2) is 57.2 Å². The van der Waals surface area contributed by atoms with Gasteiger partial charge in [-0.1, -0.05) is 24.3 Å². The van der Waals surface area contributed by atoms with E-state index < -0.39 is 11.8 Å². The van der Waals surface area contributed by atoms with Crippen molar-refractivity contribution >= 4 is 35.0 Å². The molecule has 0 aliphatic carbocycles. The number of thioether (sulfide) groups is 1. The van der Waals surface area contributed by atoms with E-state index in [1.54, 1.807) is 6.07 Å². The normalized spacial score (nSPS) is 13.9. The zero-order valence-corrected chi connectivity index (χ0v) is 18.2. The first-order valence-corrected chi connectivity index (χ1v) is 10.9. The maximum atomic E-state index is 12.4. The first kappa shape index (κ1) is 21.2. The van der Waals surface area contributed by atoms with Crippen LogP contribution in [0.15, 0.2) is 47.4 Å². The summed E-state index contributed by atoms with van der Waals surface area (Å²) >= 11 is 1.52. The van der Waals surface area contributed by atoms with Crippen LogP contribution in [0.25, 0.3) is 0 Å². The fraction of sp³-hybridized carbons (Fsp3) is 0.364. The summed E-state index contributed by atoms with van der Waals surface area (Å²) in [6.45, 7) is 1.39. The lowest BCUT2D eigenvalue weighted by Crippen LogP contribution is -2.40. The van der Waals surface area contributed by atoms with Crippen molar-refractivity contribution in [3.05, 3.63) is 53.6 Å². The number of rotatable bonds is 6. The Kier molecular flexibility index (Phi) is 6.82. The van der Waals surface area contributed by atoms with Crippen LogP contribution in [0.3, 0.4) is 0 Å².